The van der Waals surface area contributed by atoms with Gasteiger partial charge in [0.1, 0.15) is 32.0 Å². The Balaban J connectivity index is 1.61. The van der Waals surface area contributed by atoms with E-state index in [1.807, 2.05) is 0 Å². The fourth-order valence-electron chi connectivity index (χ4n) is 2.21. The van der Waals surface area contributed by atoms with E-state index in [0.29, 0.717) is 6.54 Å². The fraction of sp³-hybridized carbons (Fsp3) is 0.667. The van der Waals surface area contributed by atoms with Gasteiger partial charge in [-0.2, -0.15) is 5.10 Å². The number of hydrogen-bond donors (Lipinski definition) is 2. The average Bonchev–Trinajstić information content (AvgIpc) is 2.93. The summed E-state index contributed by atoms with van der Waals surface area (Å²) in [5.41, 5.74) is -0.112. The molecule has 9 heteroatoms. The summed E-state index contributed by atoms with van der Waals surface area (Å²) >= 11 is 0. The summed E-state index contributed by atoms with van der Waals surface area (Å²) < 4.78 is 6.55. The van der Waals surface area contributed by atoms with E-state index >= 15 is 0 Å². The molecule has 1 amide bonds. The molecule has 2 rings (SSSR count). The number of carbonyl (C=O) groups is 1. The average molecular weight is 298 g/mol. The van der Waals surface area contributed by atoms with Gasteiger partial charge in [-0.05, 0) is 0 Å². The van der Waals surface area contributed by atoms with E-state index in [1.54, 1.807) is 0 Å². The Morgan fingerprint density at radius 1 is 1.52 bits per heavy atom. The van der Waals surface area contributed by atoms with Crippen LogP contribution in [0.4, 0.5) is 5.69 Å². The van der Waals surface area contributed by atoms with Crippen LogP contribution < -0.4 is 10.2 Å². The molecule has 116 valence electrons. The topological polar surface area (TPSA) is 104 Å². The minimum atomic E-state index is -0.535. The number of nitro groups is 1. The van der Waals surface area contributed by atoms with Crippen molar-refractivity contribution in [2.24, 2.45) is 0 Å². The molecule has 0 unspecified atom stereocenters. The lowest BCUT2D eigenvalue weighted by molar-refractivity contribution is -0.908. The van der Waals surface area contributed by atoms with Crippen LogP contribution in [0.15, 0.2) is 12.4 Å². The van der Waals surface area contributed by atoms with Crippen molar-refractivity contribution < 1.29 is 19.4 Å². The highest BCUT2D eigenvalue weighted by atomic mass is 16.6. The van der Waals surface area contributed by atoms with E-state index in [2.05, 4.69) is 10.4 Å². The summed E-state index contributed by atoms with van der Waals surface area (Å²) in [5, 5.41) is 17.1. The molecule has 2 heterocycles. The SMILES string of the molecule is O=C(Cn1cc([N+](=O)[O-])cn1)NCCC[NH+]1CCOCC1. The second kappa shape index (κ2) is 7.70. The van der Waals surface area contributed by atoms with Crippen molar-refractivity contribution in [2.45, 2.75) is 13.0 Å². The summed E-state index contributed by atoms with van der Waals surface area (Å²) in [6.45, 7) is 5.26. The smallest absolute Gasteiger partial charge is 0.307 e. The molecule has 1 fully saturated rings. The first kappa shape index (κ1) is 15.4. The molecule has 21 heavy (non-hydrogen) atoms. The maximum absolute atomic E-state index is 11.7. The van der Waals surface area contributed by atoms with Crippen LogP contribution in [0.25, 0.3) is 0 Å². The van der Waals surface area contributed by atoms with E-state index in [4.69, 9.17) is 4.74 Å². The van der Waals surface area contributed by atoms with Crippen molar-refractivity contribution in [2.75, 3.05) is 39.4 Å². The lowest BCUT2D eigenvalue weighted by Gasteiger charge is -2.23. The van der Waals surface area contributed by atoms with Crippen molar-refractivity contribution in [1.29, 1.82) is 0 Å². The summed E-state index contributed by atoms with van der Waals surface area (Å²) in [7, 11) is 0. The van der Waals surface area contributed by atoms with Gasteiger partial charge in [0, 0.05) is 13.0 Å². The highest BCUT2D eigenvalue weighted by Gasteiger charge is 2.13. The van der Waals surface area contributed by atoms with Crippen molar-refractivity contribution in [1.82, 2.24) is 15.1 Å². The van der Waals surface area contributed by atoms with E-state index in [-0.39, 0.29) is 18.1 Å². The van der Waals surface area contributed by atoms with Crippen LogP contribution in [0.3, 0.4) is 0 Å². The molecule has 0 saturated carbocycles. The maximum atomic E-state index is 11.7. The number of nitrogens with zero attached hydrogens (tertiary/aromatic N) is 3. The predicted octanol–water partition coefficient (Wildman–Crippen LogP) is -1.79. The van der Waals surface area contributed by atoms with E-state index in [9.17, 15) is 14.9 Å². The Morgan fingerprint density at radius 3 is 2.95 bits per heavy atom. The molecule has 0 bridgehead atoms. The summed E-state index contributed by atoms with van der Waals surface area (Å²) in [4.78, 5) is 23.1. The zero-order valence-corrected chi connectivity index (χ0v) is 11.8. The summed E-state index contributed by atoms with van der Waals surface area (Å²) in [5.74, 6) is -0.190. The molecule has 2 N–H and O–H groups in total. The largest absolute Gasteiger partial charge is 0.370 e. The Hall–Kier alpha value is -2.00. The second-order valence-corrected chi connectivity index (χ2v) is 4.97. The first-order valence-corrected chi connectivity index (χ1v) is 7.00. The molecular weight excluding hydrogens is 278 g/mol. The Kier molecular flexibility index (Phi) is 5.64. The molecule has 0 radical (unpaired) electrons. The highest BCUT2D eigenvalue weighted by molar-refractivity contribution is 5.75. The third-order valence-electron chi connectivity index (χ3n) is 3.37. The fourth-order valence-corrected chi connectivity index (χ4v) is 2.21. The van der Waals surface area contributed by atoms with Gasteiger partial charge >= 0.3 is 5.69 Å². The molecule has 0 spiro atoms. The van der Waals surface area contributed by atoms with Gasteiger partial charge in [-0.1, -0.05) is 0 Å². The summed E-state index contributed by atoms with van der Waals surface area (Å²) in [6.07, 6.45) is 3.28. The molecule has 1 aliphatic rings. The lowest BCUT2D eigenvalue weighted by atomic mass is 10.3. The Morgan fingerprint density at radius 2 is 2.29 bits per heavy atom. The molecule has 0 atom stereocenters. The predicted molar refractivity (Wildman–Crippen MR) is 72.9 cm³/mol. The van der Waals surface area contributed by atoms with Crippen LogP contribution in [0.5, 0.6) is 0 Å². The second-order valence-electron chi connectivity index (χ2n) is 4.97. The number of nitrogens with one attached hydrogen (secondary N) is 2. The van der Waals surface area contributed by atoms with Gasteiger partial charge in [0.25, 0.3) is 0 Å². The number of quaternary nitrogens is 1. The molecule has 1 aromatic heterocycles. The van der Waals surface area contributed by atoms with Gasteiger partial charge in [0.2, 0.25) is 5.91 Å². The normalized spacial score (nSPS) is 15.8. The highest BCUT2D eigenvalue weighted by Crippen LogP contribution is 2.07. The van der Waals surface area contributed by atoms with Crippen molar-refractivity contribution in [3.63, 3.8) is 0 Å². The zero-order chi connectivity index (χ0) is 15.1. The van der Waals surface area contributed by atoms with E-state index in [0.717, 1.165) is 45.5 Å². The number of carbonyl (C=O) groups excluding carboxylic acids is 1. The number of morpholine rings is 1. The number of rotatable bonds is 7. The van der Waals surface area contributed by atoms with Gasteiger partial charge in [-0.25, -0.2) is 0 Å². The number of hydrogen-bond acceptors (Lipinski definition) is 5. The van der Waals surface area contributed by atoms with Crippen LogP contribution in [0.1, 0.15) is 6.42 Å². The van der Waals surface area contributed by atoms with E-state index < -0.39 is 4.92 Å². The lowest BCUT2D eigenvalue weighted by Crippen LogP contribution is -3.14. The van der Waals surface area contributed by atoms with Crippen molar-refractivity contribution in [3.05, 3.63) is 22.5 Å². The molecular formula is C12H20N5O4+. The van der Waals surface area contributed by atoms with Gasteiger partial charge in [0.15, 0.2) is 0 Å². The molecule has 0 aromatic carbocycles. The first-order valence-electron chi connectivity index (χ1n) is 7.00. The van der Waals surface area contributed by atoms with Crippen LogP contribution in [0, 0.1) is 10.1 Å². The molecule has 0 aliphatic carbocycles. The van der Waals surface area contributed by atoms with Crippen LogP contribution in [0.2, 0.25) is 0 Å². The monoisotopic (exact) mass is 298 g/mol. The minimum absolute atomic E-state index is 0.00173. The quantitative estimate of drug-likeness (QED) is 0.352. The van der Waals surface area contributed by atoms with Crippen LogP contribution in [-0.4, -0.2) is 60.0 Å². The van der Waals surface area contributed by atoms with Gasteiger partial charge in [-0.3, -0.25) is 19.6 Å². The third-order valence-corrected chi connectivity index (χ3v) is 3.37. The molecule has 9 nitrogen and oxygen atoms in total. The number of amides is 1. The minimum Gasteiger partial charge on any atom is -0.370 e. The molecule has 1 aromatic rings. The van der Waals surface area contributed by atoms with Crippen molar-refractivity contribution in [3.8, 4) is 0 Å². The zero-order valence-electron chi connectivity index (χ0n) is 11.8. The third kappa shape index (κ3) is 5.12. The van der Waals surface area contributed by atoms with Gasteiger partial charge in [0.05, 0.1) is 24.7 Å². The summed E-state index contributed by atoms with van der Waals surface area (Å²) in [6, 6.07) is 0. The van der Waals surface area contributed by atoms with Crippen LogP contribution in [-0.2, 0) is 16.1 Å². The van der Waals surface area contributed by atoms with Gasteiger partial charge < -0.3 is 15.0 Å². The van der Waals surface area contributed by atoms with Crippen LogP contribution >= 0.6 is 0 Å². The van der Waals surface area contributed by atoms with E-state index in [1.165, 1.54) is 15.8 Å². The molecule has 1 saturated heterocycles. The standard InChI is InChI=1S/C12H19N5O4/c18-12(10-16-9-11(8-14-16)17(19)20)13-2-1-3-15-4-6-21-7-5-15/h8-9H,1-7,10H2,(H,13,18)/p+1. The number of aromatic nitrogens is 2. The molecule has 1 aliphatic heterocycles. The number of ether oxygens (including phenoxy) is 1. The van der Waals surface area contributed by atoms with Crippen molar-refractivity contribution >= 4 is 11.6 Å². The van der Waals surface area contributed by atoms with Gasteiger partial charge in [-0.15, -0.1) is 0 Å². The Labute approximate surface area is 122 Å². The first-order chi connectivity index (χ1) is 10.1. The Bertz CT molecular complexity index is 484. The maximum Gasteiger partial charge on any atom is 0.307 e.